The van der Waals surface area contributed by atoms with Crippen molar-refractivity contribution in [3.63, 3.8) is 0 Å². The van der Waals surface area contributed by atoms with Gasteiger partial charge >= 0.3 is 0 Å². The van der Waals surface area contributed by atoms with E-state index in [2.05, 4.69) is 9.97 Å². The second kappa shape index (κ2) is 2.75. The number of aldehydes is 1. The fourth-order valence-electron chi connectivity index (χ4n) is 0.588. The highest BCUT2D eigenvalue weighted by Gasteiger charge is 2.02. The molecule has 0 unspecified atom stereocenters. The number of carbonyl (C=O) groups is 1. The van der Waals surface area contributed by atoms with E-state index >= 15 is 0 Å². The number of hydrogen-bond donors (Lipinski definition) is 0. The SMILES string of the molecule is Cc1ncnc(Cl)c1C=O. The first-order valence-corrected chi connectivity index (χ1v) is 3.05. The summed E-state index contributed by atoms with van der Waals surface area (Å²) in [5, 5.41) is 0.211. The lowest BCUT2D eigenvalue weighted by molar-refractivity contribution is 0.112. The molecule has 1 rings (SSSR count). The normalized spacial score (nSPS) is 9.40. The molecule has 0 saturated carbocycles. The third kappa shape index (κ3) is 1.14. The van der Waals surface area contributed by atoms with Crippen molar-refractivity contribution in [1.29, 1.82) is 0 Å². The molecule has 1 aromatic heterocycles. The Labute approximate surface area is 63.1 Å². The van der Waals surface area contributed by atoms with E-state index in [0.717, 1.165) is 0 Å². The van der Waals surface area contributed by atoms with Crippen molar-refractivity contribution in [2.45, 2.75) is 6.92 Å². The Morgan fingerprint density at radius 3 is 2.70 bits per heavy atom. The molecule has 0 radical (unpaired) electrons. The van der Waals surface area contributed by atoms with Crippen molar-refractivity contribution in [2.75, 3.05) is 0 Å². The molecule has 0 N–H and O–H groups in total. The van der Waals surface area contributed by atoms with Gasteiger partial charge < -0.3 is 0 Å². The van der Waals surface area contributed by atoms with Crippen LogP contribution in [0.15, 0.2) is 6.33 Å². The highest BCUT2D eigenvalue weighted by atomic mass is 35.5. The van der Waals surface area contributed by atoms with Gasteiger partial charge in [-0.15, -0.1) is 0 Å². The van der Waals surface area contributed by atoms with E-state index in [1.807, 2.05) is 0 Å². The molecule has 0 saturated heterocycles. The fraction of sp³-hybridized carbons (Fsp3) is 0.167. The summed E-state index contributed by atoms with van der Waals surface area (Å²) in [6.45, 7) is 1.71. The molecular formula is C6H5ClN2O. The van der Waals surface area contributed by atoms with Crippen LogP contribution in [0.1, 0.15) is 16.1 Å². The first kappa shape index (κ1) is 7.15. The van der Waals surface area contributed by atoms with E-state index in [0.29, 0.717) is 17.5 Å². The predicted octanol–water partition coefficient (Wildman–Crippen LogP) is 1.25. The number of aryl methyl sites for hydroxylation is 1. The van der Waals surface area contributed by atoms with Crippen molar-refractivity contribution < 1.29 is 4.79 Å². The van der Waals surface area contributed by atoms with Crippen molar-refractivity contribution in [1.82, 2.24) is 9.97 Å². The molecule has 0 aliphatic rings. The first-order chi connectivity index (χ1) is 4.75. The number of carbonyl (C=O) groups excluding carboxylic acids is 1. The van der Waals surface area contributed by atoms with E-state index in [1.165, 1.54) is 6.33 Å². The summed E-state index contributed by atoms with van der Waals surface area (Å²) in [4.78, 5) is 17.7. The Morgan fingerprint density at radius 2 is 2.30 bits per heavy atom. The van der Waals surface area contributed by atoms with E-state index in [1.54, 1.807) is 6.92 Å². The summed E-state index contributed by atoms with van der Waals surface area (Å²) >= 11 is 5.55. The van der Waals surface area contributed by atoms with Gasteiger partial charge in [0.25, 0.3) is 0 Å². The van der Waals surface area contributed by atoms with Crippen molar-refractivity contribution in [2.24, 2.45) is 0 Å². The molecule has 0 bridgehead atoms. The summed E-state index contributed by atoms with van der Waals surface area (Å²) < 4.78 is 0. The minimum atomic E-state index is 0.211. The minimum Gasteiger partial charge on any atom is -0.298 e. The minimum absolute atomic E-state index is 0.211. The molecule has 0 fully saturated rings. The van der Waals surface area contributed by atoms with Crippen LogP contribution in [0.5, 0.6) is 0 Å². The zero-order valence-corrected chi connectivity index (χ0v) is 6.09. The van der Waals surface area contributed by atoms with Crippen molar-refractivity contribution in [3.05, 3.63) is 22.7 Å². The fourth-order valence-corrected chi connectivity index (χ4v) is 0.813. The molecule has 0 aliphatic heterocycles. The van der Waals surface area contributed by atoms with Crippen LogP contribution in [0.25, 0.3) is 0 Å². The topological polar surface area (TPSA) is 42.9 Å². The molecule has 0 atom stereocenters. The van der Waals surface area contributed by atoms with Gasteiger partial charge in [-0.1, -0.05) is 11.6 Å². The number of aromatic nitrogens is 2. The maximum absolute atomic E-state index is 10.3. The number of halogens is 1. The van der Waals surface area contributed by atoms with Gasteiger partial charge in [0, 0.05) is 0 Å². The van der Waals surface area contributed by atoms with E-state index < -0.39 is 0 Å². The molecule has 1 heterocycles. The molecule has 1 aromatic rings. The van der Waals surface area contributed by atoms with Crippen LogP contribution < -0.4 is 0 Å². The van der Waals surface area contributed by atoms with Gasteiger partial charge in [0.2, 0.25) is 0 Å². The van der Waals surface area contributed by atoms with Crippen LogP contribution in [0.4, 0.5) is 0 Å². The van der Waals surface area contributed by atoms with Gasteiger partial charge in [-0.25, -0.2) is 9.97 Å². The van der Waals surface area contributed by atoms with Crippen LogP contribution in [0.3, 0.4) is 0 Å². The Hall–Kier alpha value is -0.960. The van der Waals surface area contributed by atoms with Crippen LogP contribution in [-0.4, -0.2) is 16.3 Å². The lowest BCUT2D eigenvalue weighted by Crippen LogP contribution is -1.93. The Morgan fingerprint density at radius 1 is 1.60 bits per heavy atom. The number of nitrogens with zero attached hydrogens (tertiary/aromatic N) is 2. The summed E-state index contributed by atoms with van der Waals surface area (Å²) in [5.41, 5.74) is 0.971. The molecular weight excluding hydrogens is 152 g/mol. The standard InChI is InChI=1S/C6H5ClN2O/c1-4-5(2-10)6(7)9-3-8-4/h2-3H,1H3. The van der Waals surface area contributed by atoms with E-state index in [-0.39, 0.29) is 5.15 Å². The Balaban J connectivity index is 3.30. The predicted molar refractivity (Wildman–Crippen MR) is 37.2 cm³/mol. The lowest BCUT2D eigenvalue weighted by Gasteiger charge is -1.95. The summed E-state index contributed by atoms with van der Waals surface area (Å²) in [6.07, 6.45) is 1.97. The Bertz CT molecular complexity index is 242. The Kier molecular flexibility index (Phi) is 1.97. The van der Waals surface area contributed by atoms with E-state index in [4.69, 9.17) is 11.6 Å². The second-order valence-corrected chi connectivity index (χ2v) is 2.14. The molecule has 0 spiro atoms. The third-order valence-electron chi connectivity index (χ3n) is 1.15. The summed E-state index contributed by atoms with van der Waals surface area (Å²) in [7, 11) is 0. The highest BCUT2D eigenvalue weighted by molar-refractivity contribution is 6.31. The monoisotopic (exact) mass is 156 g/mol. The van der Waals surface area contributed by atoms with Gasteiger partial charge in [0.05, 0.1) is 11.3 Å². The smallest absolute Gasteiger partial charge is 0.154 e. The largest absolute Gasteiger partial charge is 0.298 e. The van der Waals surface area contributed by atoms with Gasteiger partial charge in [0.1, 0.15) is 11.5 Å². The summed E-state index contributed by atoms with van der Waals surface area (Å²) in [6, 6.07) is 0. The maximum atomic E-state index is 10.3. The quantitative estimate of drug-likeness (QED) is 0.454. The highest BCUT2D eigenvalue weighted by Crippen LogP contribution is 2.10. The van der Waals surface area contributed by atoms with Crippen molar-refractivity contribution >= 4 is 17.9 Å². The molecule has 0 amide bonds. The van der Waals surface area contributed by atoms with Gasteiger partial charge in [-0.2, -0.15) is 0 Å². The first-order valence-electron chi connectivity index (χ1n) is 2.68. The van der Waals surface area contributed by atoms with Crippen LogP contribution in [-0.2, 0) is 0 Å². The van der Waals surface area contributed by atoms with Gasteiger partial charge in [-0.3, -0.25) is 4.79 Å². The van der Waals surface area contributed by atoms with Gasteiger partial charge in [-0.05, 0) is 6.92 Å². The average Bonchev–Trinajstić information content (AvgIpc) is 1.88. The second-order valence-electron chi connectivity index (χ2n) is 1.78. The molecule has 0 aromatic carbocycles. The molecule has 3 nitrogen and oxygen atoms in total. The molecule has 52 valence electrons. The molecule has 0 aliphatic carbocycles. The molecule has 10 heavy (non-hydrogen) atoms. The number of rotatable bonds is 1. The third-order valence-corrected chi connectivity index (χ3v) is 1.45. The van der Waals surface area contributed by atoms with E-state index in [9.17, 15) is 4.79 Å². The average molecular weight is 157 g/mol. The number of hydrogen-bond acceptors (Lipinski definition) is 3. The van der Waals surface area contributed by atoms with Gasteiger partial charge in [0.15, 0.2) is 6.29 Å². The van der Waals surface area contributed by atoms with Crippen molar-refractivity contribution in [3.8, 4) is 0 Å². The molecule has 4 heteroatoms. The van der Waals surface area contributed by atoms with Crippen LogP contribution >= 0.6 is 11.6 Å². The van der Waals surface area contributed by atoms with Crippen LogP contribution in [0, 0.1) is 6.92 Å². The summed E-state index contributed by atoms with van der Waals surface area (Å²) in [5.74, 6) is 0. The zero-order chi connectivity index (χ0) is 7.56. The zero-order valence-electron chi connectivity index (χ0n) is 5.34. The van der Waals surface area contributed by atoms with Crippen LogP contribution in [0.2, 0.25) is 5.15 Å². The maximum Gasteiger partial charge on any atom is 0.154 e. The lowest BCUT2D eigenvalue weighted by atomic mass is 10.3.